The largest absolute Gasteiger partial charge is 0.334 e. The lowest BCUT2D eigenvalue weighted by Crippen LogP contribution is -2.31. The first-order chi connectivity index (χ1) is 8.27. The zero-order valence-electron chi connectivity index (χ0n) is 11.2. The molecular formula is C14H25N3. The summed E-state index contributed by atoms with van der Waals surface area (Å²) in [6.07, 6.45) is 9.63. The molecule has 0 amide bonds. The third kappa shape index (κ3) is 3.56. The van der Waals surface area contributed by atoms with Gasteiger partial charge < -0.3 is 9.88 Å². The Morgan fingerprint density at radius 1 is 1.41 bits per heavy atom. The van der Waals surface area contributed by atoms with Crippen molar-refractivity contribution in [2.75, 3.05) is 13.1 Å². The van der Waals surface area contributed by atoms with E-state index in [4.69, 9.17) is 0 Å². The molecule has 2 rings (SSSR count). The maximum atomic E-state index is 4.23. The molecule has 0 bridgehead atoms. The quantitative estimate of drug-likeness (QED) is 0.795. The lowest BCUT2D eigenvalue weighted by Gasteiger charge is -2.28. The second-order valence-corrected chi connectivity index (χ2v) is 5.39. The first-order valence-corrected chi connectivity index (χ1v) is 6.96. The molecule has 2 atom stereocenters. The van der Waals surface area contributed by atoms with Gasteiger partial charge in [-0.25, -0.2) is 4.98 Å². The Morgan fingerprint density at radius 2 is 2.24 bits per heavy atom. The third-order valence-electron chi connectivity index (χ3n) is 4.15. The van der Waals surface area contributed by atoms with E-state index >= 15 is 0 Å². The van der Waals surface area contributed by atoms with Gasteiger partial charge in [-0.1, -0.05) is 26.2 Å². The fraction of sp³-hybridized carbons (Fsp3) is 0.786. The zero-order chi connectivity index (χ0) is 12.1. The molecule has 0 aromatic carbocycles. The van der Waals surface area contributed by atoms with Crippen LogP contribution in [0.15, 0.2) is 12.4 Å². The average Bonchev–Trinajstić information content (AvgIpc) is 2.73. The van der Waals surface area contributed by atoms with Crippen molar-refractivity contribution in [3.63, 3.8) is 0 Å². The molecule has 17 heavy (non-hydrogen) atoms. The van der Waals surface area contributed by atoms with Gasteiger partial charge in [-0.05, 0) is 31.7 Å². The molecular weight excluding hydrogens is 210 g/mol. The van der Waals surface area contributed by atoms with E-state index in [2.05, 4.69) is 34.9 Å². The fourth-order valence-electron chi connectivity index (χ4n) is 2.82. The lowest BCUT2D eigenvalue weighted by molar-refractivity contribution is 0.247. The topological polar surface area (TPSA) is 29.9 Å². The summed E-state index contributed by atoms with van der Waals surface area (Å²) in [7, 11) is 0. The van der Waals surface area contributed by atoms with Gasteiger partial charge in [-0.2, -0.15) is 0 Å². The molecule has 0 spiro atoms. The van der Waals surface area contributed by atoms with Gasteiger partial charge in [0.2, 0.25) is 0 Å². The van der Waals surface area contributed by atoms with E-state index in [1.54, 1.807) is 0 Å². The predicted octanol–water partition coefficient (Wildman–Crippen LogP) is 2.61. The summed E-state index contributed by atoms with van der Waals surface area (Å²) in [6, 6.07) is 0. The standard InChI is InChI=1S/C14H25N3/c1-12-5-3-4-6-14(12)11-15-7-9-17-10-8-16-13(17)2/h8,10,12,14-15H,3-7,9,11H2,1-2H3. The molecule has 1 fully saturated rings. The van der Waals surface area contributed by atoms with Crippen LogP contribution in [0.4, 0.5) is 0 Å². The number of rotatable bonds is 5. The molecule has 1 saturated carbocycles. The normalized spacial score (nSPS) is 25.1. The van der Waals surface area contributed by atoms with Gasteiger partial charge in [-0.15, -0.1) is 0 Å². The number of nitrogens with one attached hydrogen (secondary N) is 1. The molecule has 2 unspecified atom stereocenters. The van der Waals surface area contributed by atoms with Crippen LogP contribution in [0.2, 0.25) is 0 Å². The van der Waals surface area contributed by atoms with E-state index in [9.17, 15) is 0 Å². The Morgan fingerprint density at radius 3 is 2.94 bits per heavy atom. The Labute approximate surface area is 105 Å². The first kappa shape index (κ1) is 12.6. The second kappa shape index (κ2) is 6.20. The molecule has 1 aromatic heterocycles. The predicted molar refractivity (Wildman–Crippen MR) is 71.0 cm³/mol. The van der Waals surface area contributed by atoms with Crippen LogP contribution in [0, 0.1) is 18.8 Å². The Hall–Kier alpha value is -0.830. The summed E-state index contributed by atoms with van der Waals surface area (Å²) in [4.78, 5) is 4.23. The van der Waals surface area contributed by atoms with Crippen molar-refractivity contribution in [1.82, 2.24) is 14.9 Å². The van der Waals surface area contributed by atoms with E-state index in [0.717, 1.165) is 30.7 Å². The minimum Gasteiger partial charge on any atom is -0.334 e. The summed E-state index contributed by atoms with van der Waals surface area (Å²) in [5.74, 6) is 2.91. The second-order valence-electron chi connectivity index (χ2n) is 5.39. The van der Waals surface area contributed by atoms with Crippen LogP contribution in [0.1, 0.15) is 38.4 Å². The minimum absolute atomic E-state index is 0.896. The van der Waals surface area contributed by atoms with Crippen molar-refractivity contribution in [3.8, 4) is 0 Å². The fourth-order valence-corrected chi connectivity index (χ4v) is 2.82. The smallest absolute Gasteiger partial charge is 0.105 e. The van der Waals surface area contributed by atoms with Crippen molar-refractivity contribution < 1.29 is 0 Å². The van der Waals surface area contributed by atoms with E-state index in [-0.39, 0.29) is 0 Å². The maximum absolute atomic E-state index is 4.23. The van der Waals surface area contributed by atoms with Gasteiger partial charge in [0.15, 0.2) is 0 Å². The molecule has 3 nitrogen and oxygen atoms in total. The lowest BCUT2D eigenvalue weighted by atomic mass is 9.80. The molecule has 0 saturated heterocycles. The summed E-state index contributed by atoms with van der Waals surface area (Å²) in [6.45, 7) is 7.75. The highest BCUT2D eigenvalue weighted by atomic mass is 15.1. The minimum atomic E-state index is 0.896. The first-order valence-electron chi connectivity index (χ1n) is 6.96. The van der Waals surface area contributed by atoms with Crippen LogP contribution in [-0.4, -0.2) is 22.6 Å². The molecule has 1 heterocycles. The molecule has 1 aliphatic rings. The van der Waals surface area contributed by atoms with Gasteiger partial charge >= 0.3 is 0 Å². The summed E-state index contributed by atoms with van der Waals surface area (Å²) < 4.78 is 2.21. The number of hydrogen-bond donors (Lipinski definition) is 1. The average molecular weight is 235 g/mol. The van der Waals surface area contributed by atoms with E-state index < -0.39 is 0 Å². The summed E-state index contributed by atoms with van der Waals surface area (Å²) >= 11 is 0. The number of aromatic nitrogens is 2. The molecule has 96 valence electrons. The van der Waals surface area contributed by atoms with Crippen LogP contribution in [0.3, 0.4) is 0 Å². The van der Waals surface area contributed by atoms with Gasteiger partial charge in [0.05, 0.1) is 0 Å². The van der Waals surface area contributed by atoms with E-state index in [0.29, 0.717) is 0 Å². The van der Waals surface area contributed by atoms with Crippen molar-refractivity contribution in [1.29, 1.82) is 0 Å². The molecule has 0 aliphatic heterocycles. The van der Waals surface area contributed by atoms with Crippen LogP contribution in [0.25, 0.3) is 0 Å². The molecule has 0 radical (unpaired) electrons. The molecule has 3 heteroatoms. The summed E-state index contributed by atoms with van der Waals surface area (Å²) in [5.41, 5.74) is 0. The Bertz CT molecular complexity index is 332. The van der Waals surface area contributed by atoms with E-state index in [1.807, 2.05) is 6.20 Å². The number of aryl methyl sites for hydroxylation is 1. The van der Waals surface area contributed by atoms with Crippen LogP contribution >= 0.6 is 0 Å². The van der Waals surface area contributed by atoms with Crippen molar-refractivity contribution in [2.45, 2.75) is 46.1 Å². The van der Waals surface area contributed by atoms with Gasteiger partial charge in [-0.3, -0.25) is 0 Å². The van der Waals surface area contributed by atoms with Crippen molar-refractivity contribution in [3.05, 3.63) is 18.2 Å². The van der Waals surface area contributed by atoms with Gasteiger partial charge in [0, 0.05) is 25.5 Å². The zero-order valence-corrected chi connectivity index (χ0v) is 11.2. The van der Waals surface area contributed by atoms with E-state index in [1.165, 1.54) is 32.2 Å². The Kier molecular flexibility index (Phi) is 4.60. The highest BCUT2D eigenvalue weighted by molar-refractivity contribution is 4.88. The Balaban J connectivity index is 1.64. The third-order valence-corrected chi connectivity index (χ3v) is 4.15. The maximum Gasteiger partial charge on any atom is 0.105 e. The molecule has 1 aliphatic carbocycles. The highest BCUT2D eigenvalue weighted by Crippen LogP contribution is 2.28. The van der Waals surface area contributed by atoms with Crippen LogP contribution < -0.4 is 5.32 Å². The van der Waals surface area contributed by atoms with Gasteiger partial charge in [0.1, 0.15) is 5.82 Å². The van der Waals surface area contributed by atoms with Crippen molar-refractivity contribution in [2.24, 2.45) is 11.8 Å². The SMILES string of the molecule is Cc1nccn1CCNCC1CCCCC1C. The number of hydrogen-bond acceptors (Lipinski definition) is 2. The highest BCUT2D eigenvalue weighted by Gasteiger charge is 2.20. The molecule has 1 N–H and O–H groups in total. The number of nitrogens with zero attached hydrogens (tertiary/aromatic N) is 2. The van der Waals surface area contributed by atoms with Crippen LogP contribution in [0.5, 0.6) is 0 Å². The molecule has 1 aromatic rings. The van der Waals surface area contributed by atoms with Crippen molar-refractivity contribution >= 4 is 0 Å². The monoisotopic (exact) mass is 235 g/mol. The summed E-state index contributed by atoms with van der Waals surface area (Å²) in [5, 5.41) is 3.60. The van der Waals surface area contributed by atoms with Crippen LogP contribution in [-0.2, 0) is 6.54 Å². The van der Waals surface area contributed by atoms with Gasteiger partial charge in [0.25, 0.3) is 0 Å². The number of imidazole rings is 1.